The van der Waals surface area contributed by atoms with Gasteiger partial charge in [-0.25, -0.2) is 4.98 Å². The molecule has 142 valence electrons. The lowest BCUT2D eigenvalue weighted by Crippen LogP contribution is -2.59. The molecule has 0 spiro atoms. The Kier molecular flexibility index (Phi) is 5.76. The van der Waals surface area contributed by atoms with Crippen LogP contribution in [0.15, 0.2) is 18.2 Å². The lowest BCUT2D eigenvalue weighted by Gasteiger charge is -2.40. The third-order valence-corrected chi connectivity index (χ3v) is 5.23. The third kappa shape index (κ3) is 4.15. The van der Waals surface area contributed by atoms with Crippen molar-refractivity contribution in [3.05, 3.63) is 23.9 Å². The first-order valence-corrected chi connectivity index (χ1v) is 9.45. The Morgan fingerprint density at radius 1 is 1.23 bits per heavy atom. The van der Waals surface area contributed by atoms with Gasteiger partial charge in [-0.3, -0.25) is 14.5 Å². The molecule has 7 heteroatoms. The third-order valence-electron chi connectivity index (χ3n) is 5.23. The van der Waals surface area contributed by atoms with Crippen molar-refractivity contribution in [1.82, 2.24) is 20.1 Å². The molecule has 0 saturated carbocycles. The lowest BCUT2D eigenvalue weighted by molar-refractivity contribution is -0.139. The summed E-state index contributed by atoms with van der Waals surface area (Å²) in [6, 6.07) is 5.91. The Hall–Kier alpha value is -2.15. The number of carbonyl (C=O) groups is 2. The van der Waals surface area contributed by atoms with Crippen LogP contribution in [0.3, 0.4) is 0 Å². The molecule has 0 radical (unpaired) electrons. The maximum Gasteiger partial charge on any atom is 0.237 e. The molecule has 1 N–H and O–H groups in total. The number of piperazine rings is 2. The predicted molar refractivity (Wildman–Crippen MR) is 101 cm³/mol. The summed E-state index contributed by atoms with van der Waals surface area (Å²) in [6.07, 6.45) is 0.257. The molecule has 3 rings (SSSR count). The van der Waals surface area contributed by atoms with Crippen molar-refractivity contribution in [3.63, 3.8) is 0 Å². The second kappa shape index (κ2) is 8.03. The molecule has 0 aliphatic carbocycles. The van der Waals surface area contributed by atoms with E-state index in [9.17, 15) is 9.59 Å². The molecule has 3 heterocycles. The number of nitrogens with zero attached hydrogens (tertiary/aromatic N) is 4. The van der Waals surface area contributed by atoms with Gasteiger partial charge in [0.1, 0.15) is 5.82 Å². The highest BCUT2D eigenvalue weighted by molar-refractivity contribution is 5.89. The van der Waals surface area contributed by atoms with Gasteiger partial charge in [-0.2, -0.15) is 0 Å². The summed E-state index contributed by atoms with van der Waals surface area (Å²) in [6.45, 7) is 10.5. The Morgan fingerprint density at radius 2 is 1.96 bits per heavy atom. The molecule has 0 bridgehead atoms. The van der Waals surface area contributed by atoms with Crippen molar-refractivity contribution >= 4 is 17.6 Å². The SMILES string of the molecule is Cc1cccc(N2CCN(C(=O)CC3C(=O)NCCN3C(C)C)CC2)n1. The van der Waals surface area contributed by atoms with Gasteiger partial charge in [0.2, 0.25) is 11.8 Å². The van der Waals surface area contributed by atoms with Gasteiger partial charge in [0.25, 0.3) is 0 Å². The summed E-state index contributed by atoms with van der Waals surface area (Å²) in [5.74, 6) is 1.00. The van der Waals surface area contributed by atoms with Crippen LogP contribution in [-0.4, -0.2) is 78.0 Å². The average molecular weight is 359 g/mol. The molecule has 2 amide bonds. The molecule has 2 saturated heterocycles. The van der Waals surface area contributed by atoms with Crippen molar-refractivity contribution in [2.45, 2.75) is 39.3 Å². The Bertz CT molecular complexity index is 655. The number of anilines is 1. The zero-order valence-electron chi connectivity index (χ0n) is 15.9. The monoisotopic (exact) mass is 359 g/mol. The minimum atomic E-state index is -0.354. The number of amides is 2. The van der Waals surface area contributed by atoms with Crippen molar-refractivity contribution in [2.24, 2.45) is 0 Å². The molecule has 7 nitrogen and oxygen atoms in total. The second-order valence-corrected chi connectivity index (χ2v) is 7.35. The zero-order valence-corrected chi connectivity index (χ0v) is 15.9. The highest BCUT2D eigenvalue weighted by atomic mass is 16.2. The van der Waals surface area contributed by atoms with E-state index in [1.165, 1.54) is 0 Å². The number of aryl methyl sites for hydroxylation is 1. The first kappa shape index (κ1) is 18.6. The van der Waals surface area contributed by atoms with Gasteiger partial charge in [0.15, 0.2) is 0 Å². The number of nitrogens with one attached hydrogen (secondary N) is 1. The van der Waals surface area contributed by atoms with E-state index in [4.69, 9.17) is 0 Å². The Balaban J connectivity index is 1.57. The fourth-order valence-electron chi connectivity index (χ4n) is 3.74. The quantitative estimate of drug-likeness (QED) is 0.854. The number of hydrogen-bond donors (Lipinski definition) is 1. The smallest absolute Gasteiger partial charge is 0.237 e. The Labute approximate surface area is 155 Å². The minimum Gasteiger partial charge on any atom is -0.353 e. The molecule has 1 atom stereocenters. The molecule has 26 heavy (non-hydrogen) atoms. The number of pyridine rings is 1. The van der Waals surface area contributed by atoms with Crippen LogP contribution in [0.2, 0.25) is 0 Å². The summed E-state index contributed by atoms with van der Waals surface area (Å²) in [5, 5.41) is 2.89. The van der Waals surface area contributed by atoms with Crippen LogP contribution in [-0.2, 0) is 9.59 Å². The van der Waals surface area contributed by atoms with Gasteiger partial charge in [0.05, 0.1) is 12.5 Å². The molecular weight excluding hydrogens is 330 g/mol. The van der Waals surface area contributed by atoms with E-state index in [1.807, 2.05) is 30.0 Å². The standard InChI is InChI=1S/C19H29N5O2/c1-14(2)24-8-7-20-19(26)16(24)13-18(25)23-11-9-22(10-12-23)17-6-4-5-15(3)21-17/h4-6,14,16H,7-13H2,1-3H3,(H,20,26). The highest BCUT2D eigenvalue weighted by Crippen LogP contribution is 2.17. The van der Waals surface area contributed by atoms with Crippen molar-refractivity contribution in [2.75, 3.05) is 44.2 Å². The normalized spacial score (nSPS) is 21.8. The van der Waals surface area contributed by atoms with Gasteiger partial charge in [-0.05, 0) is 32.9 Å². The fourth-order valence-corrected chi connectivity index (χ4v) is 3.74. The molecule has 1 aromatic heterocycles. The summed E-state index contributed by atoms with van der Waals surface area (Å²) in [7, 11) is 0. The summed E-state index contributed by atoms with van der Waals surface area (Å²) in [5.41, 5.74) is 0.998. The fraction of sp³-hybridized carbons (Fsp3) is 0.632. The number of carbonyl (C=O) groups excluding carboxylic acids is 2. The first-order chi connectivity index (χ1) is 12.5. The number of hydrogen-bond acceptors (Lipinski definition) is 5. The van der Waals surface area contributed by atoms with Gasteiger partial charge in [-0.15, -0.1) is 0 Å². The van der Waals surface area contributed by atoms with Crippen LogP contribution in [0.1, 0.15) is 26.0 Å². The van der Waals surface area contributed by atoms with E-state index in [0.29, 0.717) is 19.6 Å². The molecule has 2 fully saturated rings. The molecular formula is C19H29N5O2. The van der Waals surface area contributed by atoms with Gasteiger partial charge in [0, 0.05) is 51.0 Å². The summed E-state index contributed by atoms with van der Waals surface area (Å²) in [4.78, 5) is 35.8. The second-order valence-electron chi connectivity index (χ2n) is 7.35. The average Bonchev–Trinajstić information content (AvgIpc) is 2.63. The van der Waals surface area contributed by atoms with E-state index in [-0.39, 0.29) is 30.3 Å². The van der Waals surface area contributed by atoms with Crippen LogP contribution in [0, 0.1) is 6.92 Å². The van der Waals surface area contributed by atoms with E-state index >= 15 is 0 Å². The van der Waals surface area contributed by atoms with Crippen LogP contribution in [0.4, 0.5) is 5.82 Å². The van der Waals surface area contributed by atoms with E-state index in [0.717, 1.165) is 31.1 Å². The van der Waals surface area contributed by atoms with Crippen molar-refractivity contribution in [3.8, 4) is 0 Å². The van der Waals surface area contributed by atoms with Gasteiger partial charge in [-0.1, -0.05) is 6.07 Å². The topological polar surface area (TPSA) is 68.8 Å². The highest BCUT2D eigenvalue weighted by Gasteiger charge is 2.34. The minimum absolute atomic E-state index is 0.0269. The molecule has 2 aliphatic rings. The maximum atomic E-state index is 12.8. The summed E-state index contributed by atoms with van der Waals surface area (Å²) < 4.78 is 0. The predicted octanol–water partition coefficient (Wildman–Crippen LogP) is 0.638. The summed E-state index contributed by atoms with van der Waals surface area (Å²) >= 11 is 0. The first-order valence-electron chi connectivity index (χ1n) is 9.45. The maximum absolute atomic E-state index is 12.8. The van der Waals surface area contributed by atoms with Crippen LogP contribution >= 0.6 is 0 Å². The number of rotatable bonds is 4. The van der Waals surface area contributed by atoms with E-state index < -0.39 is 0 Å². The van der Waals surface area contributed by atoms with Crippen molar-refractivity contribution < 1.29 is 9.59 Å². The van der Waals surface area contributed by atoms with Gasteiger partial charge < -0.3 is 15.1 Å². The largest absolute Gasteiger partial charge is 0.353 e. The van der Waals surface area contributed by atoms with Crippen LogP contribution in [0.25, 0.3) is 0 Å². The van der Waals surface area contributed by atoms with E-state index in [2.05, 4.69) is 33.9 Å². The zero-order chi connectivity index (χ0) is 18.7. The van der Waals surface area contributed by atoms with E-state index in [1.54, 1.807) is 0 Å². The molecule has 1 aromatic rings. The molecule has 1 unspecified atom stereocenters. The molecule has 2 aliphatic heterocycles. The molecule has 0 aromatic carbocycles. The van der Waals surface area contributed by atoms with Crippen molar-refractivity contribution in [1.29, 1.82) is 0 Å². The lowest BCUT2D eigenvalue weighted by atomic mass is 10.1. The number of aromatic nitrogens is 1. The van der Waals surface area contributed by atoms with Gasteiger partial charge >= 0.3 is 0 Å². The van der Waals surface area contributed by atoms with Crippen LogP contribution in [0.5, 0.6) is 0 Å². The Morgan fingerprint density at radius 3 is 2.62 bits per heavy atom. The van der Waals surface area contributed by atoms with Crippen LogP contribution < -0.4 is 10.2 Å².